The van der Waals surface area contributed by atoms with Crippen molar-refractivity contribution in [3.8, 4) is 0 Å². The Kier molecular flexibility index (Phi) is 6.50. The van der Waals surface area contributed by atoms with Crippen LogP contribution >= 0.6 is 12.4 Å². The van der Waals surface area contributed by atoms with E-state index in [1.54, 1.807) is 12.1 Å². The number of imide groups is 2. The number of fused-ring (bicyclic) bond motifs is 1. The summed E-state index contributed by atoms with van der Waals surface area (Å²) in [5.41, 5.74) is 7.05. The Balaban J connectivity index is 0.00000243. The molecule has 1 aromatic rings. The number of nitrogens with one attached hydrogen (secondary N) is 1. The van der Waals surface area contributed by atoms with E-state index < -0.39 is 23.8 Å². The molecule has 0 saturated carbocycles. The third kappa shape index (κ3) is 3.64. The standard InChI is InChI=1S/C18H21N3O4.ClH/c19-10-3-1-2-5-11-6-4-7-12-15(11)18(25)21(17(12)24)13-8-9-14(22)20-16(13)23;/h4,6-7,13H,1-3,5,8-10,19H2,(H,20,22,23);1H. The van der Waals surface area contributed by atoms with Crippen molar-refractivity contribution >= 4 is 36.0 Å². The summed E-state index contributed by atoms with van der Waals surface area (Å²) in [7, 11) is 0. The Morgan fingerprint density at radius 1 is 1.08 bits per heavy atom. The first kappa shape index (κ1) is 20.1. The van der Waals surface area contributed by atoms with Crippen molar-refractivity contribution < 1.29 is 19.2 Å². The molecule has 1 fully saturated rings. The topological polar surface area (TPSA) is 110 Å². The summed E-state index contributed by atoms with van der Waals surface area (Å²) in [6, 6.07) is 4.30. The van der Waals surface area contributed by atoms with E-state index in [-0.39, 0.29) is 31.2 Å². The molecule has 8 heteroatoms. The minimum Gasteiger partial charge on any atom is -0.330 e. The third-order valence-corrected chi connectivity index (χ3v) is 4.70. The molecule has 1 saturated heterocycles. The van der Waals surface area contributed by atoms with Crippen LogP contribution < -0.4 is 11.1 Å². The number of carbonyl (C=O) groups is 4. The molecule has 2 heterocycles. The zero-order chi connectivity index (χ0) is 18.0. The van der Waals surface area contributed by atoms with Crippen molar-refractivity contribution in [2.24, 2.45) is 5.73 Å². The zero-order valence-electron chi connectivity index (χ0n) is 14.3. The van der Waals surface area contributed by atoms with E-state index in [0.717, 1.165) is 29.7 Å². The number of aryl methyl sites for hydroxylation is 1. The number of carbonyl (C=O) groups excluding carboxylic acids is 4. The number of rotatable bonds is 6. The molecule has 140 valence electrons. The van der Waals surface area contributed by atoms with Gasteiger partial charge in [-0.1, -0.05) is 18.6 Å². The predicted molar refractivity (Wildman–Crippen MR) is 97.0 cm³/mol. The van der Waals surface area contributed by atoms with E-state index in [9.17, 15) is 19.2 Å². The maximum Gasteiger partial charge on any atom is 0.262 e. The van der Waals surface area contributed by atoms with Gasteiger partial charge in [-0.25, -0.2) is 0 Å². The number of halogens is 1. The van der Waals surface area contributed by atoms with Crippen molar-refractivity contribution in [3.63, 3.8) is 0 Å². The minimum absolute atomic E-state index is 0. The van der Waals surface area contributed by atoms with Crippen LogP contribution in [-0.2, 0) is 16.0 Å². The van der Waals surface area contributed by atoms with Crippen LogP contribution in [0.2, 0.25) is 0 Å². The number of benzene rings is 1. The summed E-state index contributed by atoms with van der Waals surface area (Å²) < 4.78 is 0. The van der Waals surface area contributed by atoms with Crippen LogP contribution in [-0.4, -0.2) is 41.1 Å². The molecule has 0 bridgehead atoms. The Bertz CT molecular complexity index is 750. The van der Waals surface area contributed by atoms with Crippen molar-refractivity contribution in [2.75, 3.05) is 6.54 Å². The van der Waals surface area contributed by atoms with E-state index >= 15 is 0 Å². The highest BCUT2D eigenvalue weighted by Crippen LogP contribution is 2.30. The lowest BCUT2D eigenvalue weighted by molar-refractivity contribution is -0.136. The molecule has 0 aliphatic carbocycles. The number of amides is 4. The summed E-state index contributed by atoms with van der Waals surface area (Å²) >= 11 is 0. The summed E-state index contributed by atoms with van der Waals surface area (Å²) in [6.07, 6.45) is 3.74. The molecule has 1 aromatic carbocycles. The Morgan fingerprint density at radius 2 is 1.85 bits per heavy atom. The van der Waals surface area contributed by atoms with Crippen LogP contribution in [0.25, 0.3) is 0 Å². The van der Waals surface area contributed by atoms with Crippen LogP contribution in [0.15, 0.2) is 18.2 Å². The Hall–Kier alpha value is -2.25. The smallest absolute Gasteiger partial charge is 0.262 e. The Labute approximate surface area is 157 Å². The highest BCUT2D eigenvalue weighted by Gasteiger charge is 2.45. The first-order valence-corrected chi connectivity index (χ1v) is 8.58. The van der Waals surface area contributed by atoms with Crippen molar-refractivity contribution in [2.45, 2.75) is 44.6 Å². The molecule has 0 radical (unpaired) electrons. The summed E-state index contributed by atoms with van der Waals surface area (Å²) in [5, 5.41) is 2.20. The average molecular weight is 380 g/mol. The number of nitrogens with zero attached hydrogens (tertiary/aromatic N) is 1. The molecule has 2 aliphatic heterocycles. The highest BCUT2D eigenvalue weighted by atomic mass is 35.5. The lowest BCUT2D eigenvalue weighted by Crippen LogP contribution is -2.54. The van der Waals surface area contributed by atoms with Gasteiger partial charge in [0, 0.05) is 6.42 Å². The van der Waals surface area contributed by atoms with Gasteiger partial charge >= 0.3 is 0 Å². The fourth-order valence-corrected chi connectivity index (χ4v) is 3.43. The lowest BCUT2D eigenvalue weighted by atomic mass is 9.98. The molecule has 1 unspecified atom stereocenters. The second-order valence-corrected chi connectivity index (χ2v) is 6.39. The van der Waals surface area contributed by atoms with Gasteiger partial charge in [-0.05, 0) is 43.9 Å². The Morgan fingerprint density at radius 3 is 2.54 bits per heavy atom. The molecule has 4 amide bonds. The number of hydrogen-bond donors (Lipinski definition) is 2. The molecule has 26 heavy (non-hydrogen) atoms. The monoisotopic (exact) mass is 379 g/mol. The number of piperidine rings is 1. The summed E-state index contributed by atoms with van der Waals surface area (Å²) in [6.45, 7) is 0.633. The molecule has 2 aliphatic rings. The molecule has 7 nitrogen and oxygen atoms in total. The SMILES string of the molecule is Cl.NCCCCCc1cccc2c1C(=O)N(C1CCC(=O)NC1=O)C2=O. The van der Waals surface area contributed by atoms with Gasteiger partial charge in [-0.15, -0.1) is 12.4 Å². The third-order valence-electron chi connectivity index (χ3n) is 4.70. The zero-order valence-corrected chi connectivity index (χ0v) is 15.1. The average Bonchev–Trinajstić information content (AvgIpc) is 2.84. The van der Waals surface area contributed by atoms with Gasteiger partial charge < -0.3 is 5.73 Å². The van der Waals surface area contributed by atoms with Gasteiger partial charge in [-0.2, -0.15) is 0 Å². The largest absolute Gasteiger partial charge is 0.330 e. The predicted octanol–water partition coefficient (Wildman–Crippen LogP) is 1.18. The summed E-state index contributed by atoms with van der Waals surface area (Å²) in [5.74, 6) is -1.86. The molecule has 0 aromatic heterocycles. The minimum atomic E-state index is -0.921. The van der Waals surface area contributed by atoms with Gasteiger partial charge in [0.2, 0.25) is 11.8 Å². The van der Waals surface area contributed by atoms with Crippen molar-refractivity contribution in [1.29, 1.82) is 0 Å². The molecular weight excluding hydrogens is 358 g/mol. The van der Waals surface area contributed by atoms with E-state index in [1.165, 1.54) is 0 Å². The maximum absolute atomic E-state index is 12.9. The lowest BCUT2D eigenvalue weighted by Gasteiger charge is -2.27. The maximum atomic E-state index is 12.9. The van der Waals surface area contributed by atoms with Gasteiger partial charge in [0.25, 0.3) is 11.8 Å². The van der Waals surface area contributed by atoms with Crippen LogP contribution in [0.1, 0.15) is 58.4 Å². The molecule has 1 atom stereocenters. The molecule has 3 rings (SSSR count). The van der Waals surface area contributed by atoms with Gasteiger partial charge in [0.05, 0.1) is 11.1 Å². The van der Waals surface area contributed by atoms with Gasteiger partial charge in [0.1, 0.15) is 6.04 Å². The van der Waals surface area contributed by atoms with E-state index in [2.05, 4.69) is 5.32 Å². The van der Waals surface area contributed by atoms with Crippen LogP contribution in [0.5, 0.6) is 0 Å². The normalized spacial score (nSPS) is 19.3. The number of unbranched alkanes of at least 4 members (excludes halogenated alkanes) is 2. The summed E-state index contributed by atoms with van der Waals surface area (Å²) in [4.78, 5) is 49.9. The van der Waals surface area contributed by atoms with E-state index in [0.29, 0.717) is 24.1 Å². The van der Waals surface area contributed by atoms with E-state index in [4.69, 9.17) is 5.73 Å². The quantitative estimate of drug-likeness (QED) is 0.569. The van der Waals surface area contributed by atoms with E-state index in [1.807, 2.05) is 6.07 Å². The van der Waals surface area contributed by atoms with Gasteiger partial charge in [0.15, 0.2) is 0 Å². The number of nitrogens with two attached hydrogens (primary N) is 1. The van der Waals surface area contributed by atoms with Gasteiger partial charge in [-0.3, -0.25) is 29.4 Å². The second kappa shape index (κ2) is 8.42. The highest BCUT2D eigenvalue weighted by molar-refractivity contribution is 6.24. The fourth-order valence-electron chi connectivity index (χ4n) is 3.43. The van der Waals surface area contributed by atoms with Crippen LogP contribution in [0.3, 0.4) is 0 Å². The molecule has 3 N–H and O–H groups in total. The second-order valence-electron chi connectivity index (χ2n) is 6.39. The first-order valence-electron chi connectivity index (χ1n) is 8.58. The van der Waals surface area contributed by atoms with Crippen molar-refractivity contribution in [3.05, 3.63) is 34.9 Å². The van der Waals surface area contributed by atoms with Crippen molar-refractivity contribution in [1.82, 2.24) is 10.2 Å². The van der Waals surface area contributed by atoms with Crippen LogP contribution in [0, 0.1) is 0 Å². The molecule has 0 spiro atoms. The molecular formula is C18H22ClN3O4. The van der Waals surface area contributed by atoms with Crippen LogP contribution in [0.4, 0.5) is 0 Å². The number of hydrogen-bond acceptors (Lipinski definition) is 5. The first-order chi connectivity index (χ1) is 12.0. The fraction of sp³-hybridized carbons (Fsp3) is 0.444.